The van der Waals surface area contributed by atoms with Gasteiger partial charge < -0.3 is 4.57 Å². The molecule has 0 atom stereocenters. The SMILES string of the molecule is C=CCCCn1ccc(=O)cc1. The fourth-order valence-corrected chi connectivity index (χ4v) is 1.01. The average Bonchev–Trinajstić information content (AvgIpc) is 2.09. The van der Waals surface area contributed by atoms with Crippen molar-refractivity contribution in [3.8, 4) is 0 Å². The van der Waals surface area contributed by atoms with Gasteiger partial charge in [-0.15, -0.1) is 6.58 Å². The van der Waals surface area contributed by atoms with Crippen LogP contribution in [0.3, 0.4) is 0 Å². The van der Waals surface area contributed by atoms with Gasteiger partial charge in [-0.3, -0.25) is 4.79 Å². The maximum atomic E-state index is 10.7. The molecule has 1 aromatic heterocycles. The van der Waals surface area contributed by atoms with Gasteiger partial charge in [0.15, 0.2) is 5.43 Å². The molecule has 0 aromatic carbocycles. The molecule has 0 unspecified atom stereocenters. The molecule has 0 aliphatic heterocycles. The number of allylic oxidation sites excluding steroid dienone is 1. The van der Waals surface area contributed by atoms with Gasteiger partial charge in [0.1, 0.15) is 0 Å². The summed E-state index contributed by atoms with van der Waals surface area (Å²) in [6.45, 7) is 4.60. The highest BCUT2D eigenvalue weighted by molar-refractivity contribution is 4.93. The van der Waals surface area contributed by atoms with Crippen molar-refractivity contribution in [3.05, 3.63) is 47.4 Å². The van der Waals surface area contributed by atoms with Crippen LogP contribution in [0, 0.1) is 0 Å². The van der Waals surface area contributed by atoms with E-state index in [2.05, 4.69) is 6.58 Å². The zero-order chi connectivity index (χ0) is 8.81. The summed E-state index contributed by atoms with van der Waals surface area (Å²) < 4.78 is 2.00. The summed E-state index contributed by atoms with van der Waals surface area (Å²) >= 11 is 0. The monoisotopic (exact) mass is 163 g/mol. The molecule has 64 valence electrons. The third-order valence-electron chi connectivity index (χ3n) is 1.69. The van der Waals surface area contributed by atoms with Crippen LogP contribution in [0.5, 0.6) is 0 Å². The van der Waals surface area contributed by atoms with E-state index in [1.807, 2.05) is 23.0 Å². The summed E-state index contributed by atoms with van der Waals surface area (Å²) in [6, 6.07) is 3.15. The Morgan fingerprint density at radius 3 is 2.67 bits per heavy atom. The second kappa shape index (κ2) is 4.54. The molecule has 0 aliphatic rings. The number of aromatic nitrogens is 1. The van der Waals surface area contributed by atoms with E-state index in [4.69, 9.17) is 0 Å². The molecule has 2 nitrogen and oxygen atoms in total. The van der Waals surface area contributed by atoms with Crippen LogP contribution in [-0.4, -0.2) is 4.57 Å². The van der Waals surface area contributed by atoms with Gasteiger partial charge in [0.25, 0.3) is 0 Å². The van der Waals surface area contributed by atoms with Crippen molar-refractivity contribution in [1.29, 1.82) is 0 Å². The van der Waals surface area contributed by atoms with E-state index in [1.54, 1.807) is 12.1 Å². The molecular weight excluding hydrogens is 150 g/mol. The van der Waals surface area contributed by atoms with Crippen LogP contribution < -0.4 is 5.43 Å². The lowest BCUT2D eigenvalue weighted by Crippen LogP contribution is -2.03. The fourth-order valence-electron chi connectivity index (χ4n) is 1.01. The molecule has 1 rings (SSSR count). The highest BCUT2D eigenvalue weighted by Gasteiger charge is 1.87. The summed E-state index contributed by atoms with van der Waals surface area (Å²) in [5, 5.41) is 0. The molecule has 1 heterocycles. The fraction of sp³-hybridized carbons (Fsp3) is 0.300. The molecule has 0 radical (unpaired) electrons. The Morgan fingerprint density at radius 2 is 2.08 bits per heavy atom. The molecule has 0 aliphatic carbocycles. The molecule has 1 aromatic rings. The summed E-state index contributed by atoms with van der Waals surface area (Å²) in [5.41, 5.74) is 0.0648. The number of pyridine rings is 1. The lowest BCUT2D eigenvalue weighted by Gasteiger charge is -2.02. The second-order valence-corrected chi connectivity index (χ2v) is 2.70. The summed E-state index contributed by atoms with van der Waals surface area (Å²) in [5.74, 6) is 0. The minimum absolute atomic E-state index is 0.0648. The average molecular weight is 163 g/mol. The quantitative estimate of drug-likeness (QED) is 0.490. The number of unbranched alkanes of at least 4 members (excludes halogenated alkanes) is 1. The molecule has 0 spiro atoms. The Hall–Kier alpha value is -1.31. The van der Waals surface area contributed by atoms with Crippen LogP contribution in [0.1, 0.15) is 12.8 Å². The van der Waals surface area contributed by atoms with E-state index < -0.39 is 0 Å². The van der Waals surface area contributed by atoms with Crippen molar-refractivity contribution in [2.24, 2.45) is 0 Å². The molecule has 2 heteroatoms. The molecule has 12 heavy (non-hydrogen) atoms. The highest BCUT2D eigenvalue weighted by atomic mass is 16.1. The number of nitrogens with zero attached hydrogens (tertiary/aromatic N) is 1. The van der Waals surface area contributed by atoms with E-state index >= 15 is 0 Å². The lowest BCUT2D eigenvalue weighted by molar-refractivity contribution is 0.646. The normalized spacial score (nSPS) is 9.67. The Bertz CT molecular complexity index is 280. The summed E-state index contributed by atoms with van der Waals surface area (Å²) in [7, 11) is 0. The molecule has 0 saturated carbocycles. The van der Waals surface area contributed by atoms with E-state index in [9.17, 15) is 4.79 Å². The number of hydrogen-bond acceptors (Lipinski definition) is 1. The lowest BCUT2D eigenvalue weighted by atomic mass is 10.3. The van der Waals surface area contributed by atoms with Crippen molar-refractivity contribution in [3.63, 3.8) is 0 Å². The predicted octanol–water partition coefficient (Wildman–Crippen LogP) is 1.81. The van der Waals surface area contributed by atoms with Gasteiger partial charge in [0.2, 0.25) is 0 Å². The van der Waals surface area contributed by atoms with Gasteiger partial charge in [-0.05, 0) is 12.8 Å². The van der Waals surface area contributed by atoms with Crippen LogP contribution in [0.2, 0.25) is 0 Å². The number of hydrogen-bond donors (Lipinski definition) is 0. The molecule has 0 saturated heterocycles. The van der Waals surface area contributed by atoms with Crippen LogP contribution in [0.25, 0.3) is 0 Å². The first-order chi connectivity index (χ1) is 5.83. The first-order valence-corrected chi connectivity index (χ1v) is 4.10. The molecule has 0 fully saturated rings. The maximum Gasteiger partial charge on any atom is 0.181 e. The van der Waals surface area contributed by atoms with Crippen molar-refractivity contribution >= 4 is 0 Å². The molecule has 0 N–H and O–H groups in total. The van der Waals surface area contributed by atoms with Gasteiger partial charge in [-0.2, -0.15) is 0 Å². The molecular formula is C10H13NO. The Balaban J connectivity index is 2.47. The zero-order valence-corrected chi connectivity index (χ0v) is 7.07. The first-order valence-electron chi connectivity index (χ1n) is 4.10. The summed E-state index contributed by atoms with van der Waals surface area (Å²) in [6.07, 6.45) is 7.62. The Labute approximate surface area is 72.2 Å². The van der Waals surface area contributed by atoms with Crippen molar-refractivity contribution in [2.75, 3.05) is 0 Å². The van der Waals surface area contributed by atoms with E-state index in [-0.39, 0.29) is 5.43 Å². The largest absolute Gasteiger partial charge is 0.354 e. The third-order valence-corrected chi connectivity index (χ3v) is 1.69. The Kier molecular flexibility index (Phi) is 3.33. The summed E-state index contributed by atoms with van der Waals surface area (Å²) in [4.78, 5) is 10.7. The first kappa shape index (κ1) is 8.78. The molecule has 0 amide bonds. The minimum Gasteiger partial charge on any atom is -0.354 e. The zero-order valence-electron chi connectivity index (χ0n) is 7.07. The van der Waals surface area contributed by atoms with Gasteiger partial charge in [-0.1, -0.05) is 6.08 Å². The Morgan fingerprint density at radius 1 is 1.42 bits per heavy atom. The van der Waals surface area contributed by atoms with Crippen LogP contribution in [0.15, 0.2) is 42.0 Å². The standard InChI is InChI=1S/C10H13NO/c1-2-3-4-7-11-8-5-10(12)6-9-11/h2,5-6,8-9H,1,3-4,7H2. The van der Waals surface area contributed by atoms with E-state index in [1.165, 1.54) is 0 Å². The van der Waals surface area contributed by atoms with Crippen molar-refractivity contribution in [2.45, 2.75) is 19.4 Å². The van der Waals surface area contributed by atoms with Crippen molar-refractivity contribution < 1.29 is 0 Å². The van der Waals surface area contributed by atoms with Crippen LogP contribution >= 0.6 is 0 Å². The van der Waals surface area contributed by atoms with Crippen molar-refractivity contribution in [1.82, 2.24) is 4.57 Å². The van der Waals surface area contributed by atoms with Crippen LogP contribution in [0.4, 0.5) is 0 Å². The highest BCUT2D eigenvalue weighted by Crippen LogP contribution is 1.94. The second-order valence-electron chi connectivity index (χ2n) is 2.70. The van der Waals surface area contributed by atoms with Gasteiger partial charge in [-0.25, -0.2) is 0 Å². The predicted molar refractivity (Wildman–Crippen MR) is 50.1 cm³/mol. The van der Waals surface area contributed by atoms with E-state index in [0.717, 1.165) is 19.4 Å². The smallest absolute Gasteiger partial charge is 0.181 e. The van der Waals surface area contributed by atoms with Gasteiger partial charge in [0, 0.05) is 31.1 Å². The number of aryl methyl sites for hydroxylation is 1. The number of rotatable bonds is 4. The van der Waals surface area contributed by atoms with E-state index in [0.29, 0.717) is 0 Å². The maximum absolute atomic E-state index is 10.7. The van der Waals surface area contributed by atoms with Gasteiger partial charge in [0.05, 0.1) is 0 Å². The topological polar surface area (TPSA) is 22.0 Å². The minimum atomic E-state index is 0.0648. The third kappa shape index (κ3) is 2.74. The molecule has 0 bridgehead atoms. The van der Waals surface area contributed by atoms with Crippen LogP contribution in [-0.2, 0) is 6.54 Å². The van der Waals surface area contributed by atoms with Gasteiger partial charge >= 0.3 is 0 Å².